The number of likely N-dealkylation sites (N-methyl/N-ethyl adjacent to an activating group) is 1. The van der Waals surface area contributed by atoms with Crippen molar-refractivity contribution in [2.45, 2.75) is 13.5 Å². The SMILES string of the molecule is COc1cc(/C=C/C(=O)N(C)Cc2sccc2C)ccc1OCC(N)=O. The molecule has 26 heavy (non-hydrogen) atoms. The van der Waals surface area contributed by atoms with E-state index in [1.165, 1.54) is 23.6 Å². The Morgan fingerprint density at radius 1 is 1.27 bits per heavy atom. The second-order valence-electron chi connectivity index (χ2n) is 5.72. The number of nitrogens with zero attached hydrogens (tertiary/aromatic N) is 1. The van der Waals surface area contributed by atoms with Crippen LogP contribution in [0.4, 0.5) is 0 Å². The Morgan fingerprint density at radius 2 is 2.04 bits per heavy atom. The first-order valence-electron chi connectivity index (χ1n) is 7.96. The molecule has 138 valence electrons. The monoisotopic (exact) mass is 374 g/mol. The number of primary amides is 1. The van der Waals surface area contributed by atoms with E-state index < -0.39 is 5.91 Å². The number of rotatable bonds is 8. The van der Waals surface area contributed by atoms with Gasteiger partial charge < -0.3 is 20.1 Å². The van der Waals surface area contributed by atoms with Crippen LogP contribution in [-0.2, 0) is 16.1 Å². The third kappa shape index (κ3) is 5.35. The molecular formula is C19H22N2O4S. The molecule has 1 aromatic carbocycles. The van der Waals surface area contributed by atoms with Crippen LogP contribution >= 0.6 is 11.3 Å². The topological polar surface area (TPSA) is 81.9 Å². The Morgan fingerprint density at radius 3 is 2.65 bits per heavy atom. The van der Waals surface area contributed by atoms with Crippen molar-refractivity contribution in [2.75, 3.05) is 20.8 Å². The molecule has 0 aliphatic rings. The van der Waals surface area contributed by atoms with Gasteiger partial charge in [-0.1, -0.05) is 6.07 Å². The van der Waals surface area contributed by atoms with Crippen molar-refractivity contribution in [3.63, 3.8) is 0 Å². The molecule has 7 heteroatoms. The molecule has 0 unspecified atom stereocenters. The lowest BCUT2D eigenvalue weighted by molar-refractivity contribution is -0.125. The number of carbonyl (C=O) groups is 2. The van der Waals surface area contributed by atoms with Crippen LogP contribution in [0.2, 0.25) is 0 Å². The van der Waals surface area contributed by atoms with Crippen molar-refractivity contribution in [3.8, 4) is 11.5 Å². The van der Waals surface area contributed by atoms with E-state index >= 15 is 0 Å². The van der Waals surface area contributed by atoms with Gasteiger partial charge in [0, 0.05) is 18.0 Å². The molecule has 2 amide bonds. The van der Waals surface area contributed by atoms with Crippen LogP contribution in [0.15, 0.2) is 35.7 Å². The van der Waals surface area contributed by atoms with Crippen molar-refractivity contribution in [1.29, 1.82) is 0 Å². The van der Waals surface area contributed by atoms with Gasteiger partial charge in [-0.05, 0) is 47.7 Å². The second-order valence-corrected chi connectivity index (χ2v) is 6.72. The summed E-state index contributed by atoms with van der Waals surface area (Å²) in [4.78, 5) is 25.9. The van der Waals surface area contributed by atoms with Gasteiger partial charge in [0.05, 0.1) is 13.7 Å². The van der Waals surface area contributed by atoms with Gasteiger partial charge in [-0.25, -0.2) is 0 Å². The Hall–Kier alpha value is -2.80. The second kappa shape index (κ2) is 9.05. The molecule has 0 fully saturated rings. The van der Waals surface area contributed by atoms with E-state index in [2.05, 4.69) is 0 Å². The van der Waals surface area contributed by atoms with Gasteiger partial charge in [-0.2, -0.15) is 0 Å². The average Bonchev–Trinajstić information content (AvgIpc) is 3.02. The van der Waals surface area contributed by atoms with Crippen molar-refractivity contribution in [3.05, 3.63) is 51.7 Å². The Balaban J connectivity index is 2.03. The quantitative estimate of drug-likeness (QED) is 0.720. The number of aryl methyl sites for hydroxylation is 1. The Kier molecular flexibility index (Phi) is 6.80. The molecule has 0 aliphatic carbocycles. The van der Waals surface area contributed by atoms with Gasteiger partial charge in [-0.15, -0.1) is 11.3 Å². The minimum absolute atomic E-state index is 0.0918. The summed E-state index contributed by atoms with van der Waals surface area (Å²) in [5.74, 6) is 0.222. The molecular weight excluding hydrogens is 352 g/mol. The summed E-state index contributed by atoms with van der Waals surface area (Å²) in [5, 5.41) is 2.02. The lowest BCUT2D eigenvalue weighted by atomic mass is 10.2. The molecule has 2 rings (SSSR count). The van der Waals surface area contributed by atoms with E-state index in [-0.39, 0.29) is 12.5 Å². The summed E-state index contributed by atoms with van der Waals surface area (Å²) in [6, 6.07) is 7.21. The minimum atomic E-state index is -0.564. The number of carbonyl (C=O) groups excluding carboxylic acids is 2. The van der Waals surface area contributed by atoms with Gasteiger partial charge in [0.15, 0.2) is 18.1 Å². The van der Waals surface area contributed by atoms with Gasteiger partial charge in [0.2, 0.25) is 5.91 Å². The van der Waals surface area contributed by atoms with E-state index in [0.29, 0.717) is 18.0 Å². The number of ether oxygens (including phenoxy) is 2. The molecule has 0 bridgehead atoms. The Labute approximate surface area is 156 Å². The van der Waals surface area contributed by atoms with E-state index in [1.54, 1.807) is 47.6 Å². The van der Waals surface area contributed by atoms with Gasteiger partial charge in [-0.3, -0.25) is 9.59 Å². The molecule has 0 radical (unpaired) electrons. The standard InChI is InChI=1S/C19H22N2O4S/c1-13-8-9-26-17(13)11-21(2)19(23)7-5-14-4-6-15(16(10-14)24-3)25-12-18(20)22/h4-10H,11-12H2,1-3H3,(H2,20,22)/b7-5+. The lowest BCUT2D eigenvalue weighted by Gasteiger charge is -2.14. The minimum Gasteiger partial charge on any atom is -0.493 e. The summed E-state index contributed by atoms with van der Waals surface area (Å²) in [7, 11) is 3.27. The number of hydrogen-bond donors (Lipinski definition) is 1. The maximum absolute atomic E-state index is 12.3. The number of benzene rings is 1. The molecule has 0 spiro atoms. The third-order valence-electron chi connectivity index (χ3n) is 3.70. The van der Waals surface area contributed by atoms with Crippen LogP contribution in [0.5, 0.6) is 11.5 Å². The predicted octanol–water partition coefficient (Wildman–Crippen LogP) is 2.60. The number of hydrogen-bond acceptors (Lipinski definition) is 5. The highest BCUT2D eigenvalue weighted by molar-refractivity contribution is 7.10. The van der Waals surface area contributed by atoms with Crippen LogP contribution in [0, 0.1) is 6.92 Å². The van der Waals surface area contributed by atoms with Gasteiger partial charge in [0.1, 0.15) is 0 Å². The highest BCUT2D eigenvalue weighted by Crippen LogP contribution is 2.28. The fourth-order valence-corrected chi connectivity index (χ4v) is 3.17. The zero-order chi connectivity index (χ0) is 19.1. The normalized spacial score (nSPS) is 10.7. The van der Waals surface area contributed by atoms with Gasteiger partial charge >= 0.3 is 0 Å². The highest BCUT2D eigenvalue weighted by atomic mass is 32.1. The van der Waals surface area contributed by atoms with Crippen LogP contribution in [0.3, 0.4) is 0 Å². The first-order chi connectivity index (χ1) is 12.4. The fraction of sp³-hybridized carbons (Fsp3) is 0.263. The van der Waals surface area contributed by atoms with E-state index in [9.17, 15) is 9.59 Å². The number of amides is 2. The average molecular weight is 374 g/mol. The molecule has 1 heterocycles. The van der Waals surface area contributed by atoms with Crippen molar-refractivity contribution >= 4 is 29.2 Å². The summed E-state index contributed by atoms with van der Waals surface area (Å²) in [5.41, 5.74) is 7.04. The first-order valence-corrected chi connectivity index (χ1v) is 8.84. The van der Waals surface area contributed by atoms with Crippen LogP contribution in [0.1, 0.15) is 16.0 Å². The summed E-state index contributed by atoms with van der Waals surface area (Å²) < 4.78 is 10.5. The zero-order valence-corrected chi connectivity index (χ0v) is 15.8. The molecule has 0 saturated carbocycles. The third-order valence-corrected chi connectivity index (χ3v) is 4.71. The number of nitrogens with two attached hydrogens (primary N) is 1. The number of thiophene rings is 1. The van der Waals surface area contributed by atoms with E-state index in [1.807, 2.05) is 18.4 Å². The molecule has 2 N–H and O–H groups in total. The van der Waals surface area contributed by atoms with E-state index in [4.69, 9.17) is 15.2 Å². The molecule has 1 aromatic heterocycles. The van der Waals surface area contributed by atoms with Crippen molar-refractivity contribution in [1.82, 2.24) is 4.90 Å². The molecule has 0 aliphatic heterocycles. The smallest absolute Gasteiger partial charge is 0.255 e. The summed E-state index contributed by atoms with van der Waals surface area (Å²) in [6.07, 6.45) is 3.22. The van der Waals surface area contributed by atoms with Gasteiger partial charge in [0.25, 0.3) is 5.91 Å². The predicted molar refractivity (Wildman–Crippen MR) is 102 cm³/mol. The van der Waals surface area contributed by atoms with Crippen molar-refractivity contribution < 1.29 is 19.1 Å². The molecule has 2 aromatic rings. The van der Waals surface area contributed by atoms with Crippen LogP contribution in [0.25, 0.3) is 6.08 Å². The first kappa shape index (κ1) is 19.5. The number of methoxy groups -OCH3 is 1. The van der Waals surface area contributed by atoms with Crippen LogP contribution in [-0.4, -0.2) is 37.5 Å². The van der Waals surface area contributed by atoms with Crippen molar-refractivity contribution in [2.24, 2.45) is 5.73 Å². The largest absolute Gasteiger partial charge is 0.493 e. The molecule has 6 nitrogen and oxygen atoms in total. The van der Waals surface area contributed by atoms with Crippen LogP contribution < -0.4 is 15.2 Å². The maximum Gasteiger partial charge on any atom is 0.255 e. The summed E-state index contributed by atoms with van der Waals surface area (Å²) in [6.45, 7) is 2.39. The summed E-state index contributed by atoms with van der Waals surface area (Å²) >= 11 is 1.64. The van der Waals surface area contributed by atoms with E-state index in [0.717, 1.165) is 5.56 Å². The molecule has 0 saturated heterocycles. The highest BCUT2D eigenvalue weighted by Gasteiger charge is 2.10. The molecule has 0 atom stereocenters. The lowest BCUT2D eigenvalue weighted by Crippen LogP contribution is -2.23. The fourth-order valence-electron chi connectivity index (χ4n) is 2.21. The Bertz CT molecular complexity index is 814. The maximum atomic E-state index is 12.3. The zero-order valence-electron chi connectivity index (χ0n) is 15.0.